The van der Waals surface area contributed by atoms with Crippen molar-refractivity contribution in [1.29, 1.82) is 0 Å². The van der Waals surface area contributed by atoms with Crippen molar-refractivity contribution in [3.05, 3.63) is 6.07 Å². The van der Waals surface area contributed by atoms with Gasteiger partial charge in [-0.1, -0.05) is 0 Å². The quantitative estimate of drug-likeness (QED) is 0.277. The number of nitrogen functional groups attached to an aromatic ring is 4. The molecule has 12 heavy (non-hydrogen) atoms. The first-order valence-corrected chi connectivity index (χ1v) is 3.17. The van der Waals surface area contributed by atoms with Crippen LogP contribution in [0.15, 0.2) is 6.07 Å². The summed E-state index contributed by atoms with van der Waals surface area (Å²) in [5, 5.41) is 0. The average molecular weight is 169 g/mol. The molecule has 0 saturated heterocycles. The third-order valence-electron chi connectivity index (χ3n) is 1.57. The summed E-state index contributed by atoms with van der Waals surface area (Å²) in [5.74, 6) is 5.13. The van der Waals surface area contributed by atoms with Crippen molar-refractivity contribution < 1.29 is 4.84 Å². The van der Waals surface area contributed by atoms with Crippen LogP contribution in [0.3, 0.4) is 0 Å². The number of benzene rings is 1. The molecule has 0 bridgehead atoms. The number of nitrogens with two attached hydrogens (primary N) is 5. The molecule has 0 aliphatic carbocycles. The van der Waals surface area contributed by atoms with Gasteiger partial charge in [-0.3, -0.25) is 0 Å². The molecule has 0 heterocycles. The van der Waals surface area contributed by atoms with E-state index in [1.54, 1.807) is 0 Å². The molecule has 0 fully saturated rings. The summed E-state index contributed by atoms with van der Waals surface area (Å²) >= 11 is 0. The van der Waals surface area contributed by atoms with Crippen molar-refractivity contribution in [2.24, 2.45) is 5.90 Å². The Morgan fingerprint density at radius 1 is 0.917 bits per heavy atom. The van der Waals surface area contributed by atoms with Crippen molar-refractivity contribution in [3.63, 3.8) is 0 Å². The summed E-state index contributed by atoms with van der Waals surface area (Å²) in [6.07, 6.45) is 0. The highest BCUT2D eigenvalue weighted by Crippen LogP contribution is 2.36. The normalized spacial score (nSPS) is 9.75. The summed E-state index contributed by atoms with van der Waals surface area (Å²) in [6.45, 7) is 0. The Morgan fingerprint density at radius 2 is 1.50 bits per heavy atom. The van der Waals surface area contributed by atoms with E-state index in [0.29, 0.717) is 5.69 Å². The lowest BCUT2D eigenvalue weighted by atomic mass is 10.2. The molecule has 1 aromatic rings. The zero-order chi connectivity index (χ0) is 9.30. The molecule has 0 spiro atoms. The van der Waals surface area contributed by atoms with Gasteiger partial charge in [-0.2, -0.15) is 5.90 Å². The van der Waals surface area contributed by atoms with Gasteiger partial charge in [-0.25, -0.2) is 0 Å². The van der Waals surface area contributed by atoms with Gasteiger partial charge < -0.3 is 27.8 Å². The second-order valence-electron chi connectivity index (χ2n) is 2.32. The van der Waals surface area contributed by atoms with Crippen molar-refractivity contribution in [3.8, 4) is 5.75 Å². The molecule has 1 rings (SSSR count). The van der Waals surface area contributed by atoms with Crippen LogP contribution in [-0.4, -0.2) is 0 Å². The van der Waals surface area contributed by atoms with Crippen molar-refractivity contribution >= 4 is 22.7 Å². The van der Waals surface area contributed by atoms with Crippen LogP contribution < -0.4 is 33.7 Å². The summed E-state index contributed by atoms with van der Waals surface area (Å²) in [7, 11) is 0. The van der Waals surface area contributed by atoms with E-state index in [9.17, 15) is 0 Å². The number of hydrogen-bond acceptors (Lipinski definition) is 6. The van der Waals surface area contributed by atoms with Crippen molar-refractivity contribution in [2.45, 2.75) is 0 Å². The molecular weight excluding hydrogens is 158 g/mol. The maximum absolute atomic E-state index is 5.50. The average Bonchev–Trinajstić information content (AvgIpc) is 2.08. The van der Waals surface area contributed by atoms with E-state index < -0.39 is 0 Å². The minimum atomic E-state index is 0.190. The van der Waals surface area contributed by atoms with Gasteiger partial charge in [0.15, 0.2) is 5.75 Å². The maximum atomic E-state index is 5.50. The van der Waals surface area contributed by atoms with Crippen LogP contribution in [0.25, 0.3) is 0 Å². The summed E-state index contributed by atoms with van der Waals surface area (Å²) < 4.78 is 0. The minimum Gasteiger partial charge on any atom is -0.409 e. The molecule has 66 valence electrons. The van der Waals surface area contributed by atoms with Crippen LogP contribution in [-0.2, 0) is 0 Å². The van der Waals surface area contributed by atoms with Crippen LogP contribution in [0.5, 0.6) is 5.75 Å². The number of anilines is 4. The Kier molecular flexibility index (Phi) is 1.84. The molecule has 0 amide bonds. The highest BCUT2D eigenvalue weighted by atomic mass is 16.6. The fourth-order valence-corrected chi connectivity index (χ4v) is 0.828. The van der Waals surface area contributed by atoms with Crippen molar-refractivity contribution in [2.75, 3.05) is 22.9 Å². The van der Waals surface area contributed by atoms with Gasteiger partial charge in [-0.15, -0.1) is 0 Å². The molecular formula is C6H11N5O. The van der Waals surface area contributed by atoms with E-state index in [1.165, 1.54) is 6.07 Å². The molecule has 0 aromatic heterocycles. The van der Waals surface area contributed by atoms with Crippen LogP contribution in [0.1, 0.15) is 0 Å². The van der Waals surface area contributed by atoms with Gasteiger partial charge in [0.25, 0.3) is 0 Å². The molecule has 6 nitrogen and oxygen atoms in total. The minimum absolute atomic E-state index is 0.190. The zero-order valence-electron chi connectivity index (χ0n) is 6.37. The Balaban J connectivity index is 3.39. The van der Waals surface area contributed by atoms with E-state index in [1.807, 2.05) is 0 Å². The molecule has 0 aliphatic heterocycles. The lowest BCUT2D eigenvalue weighted by Gasteiger charge is -2.10. The smallest absolute Gasteiger partial charge is 0.174 e. The largest absolute Gasteiger partial charge is 0.409 e. The molecule has 0 unspecified atom stereocenters. The highest BCUT2D eigenvalue weighted by Gasteiger charge is 2.10. The van der Waals surface area contributed by atoms with Gasteiger partial charge in [-0.05, 0) is 0 Å². The predicted molar refractivity (Wildman–Crippen MR) is 48.9 cm³/mol. The van der Waals surface area contributed by atoms with E-state index in [0.717, 1.165) is 0 Å². The second-order valence-corrected chi connectivity index (χ2v) is 2.32. The van der Waals surface area contributed by atoms with Crippen LogP contribution in [0.4, 0.5) is 22.7 Å². The first-order valence-electron chi connectivity index (χ1n) is 3.17. The maximum Gasteiger partial charge on any atom is 0.174 e. The summed E-state index contributed by atoms with van der Waals surface area (Å²) in [5.41, 5.74) is 22.9. The first kappa shape index (κ1) is 8.28. The Labute approximate surface area is 69.2 Å². The Hall–Kier alpha value is -1.82. The first-order chi connectivity index (χ1) is 5.57. The number of rotatable bonds is 1. The molecule has 0 saturated carbocycles. The molecule has 0 radical (unpaired) electrons. The van der Waals surface area contributed by atoms with Gasteiger partial charge >= 0.3 is 0 Å². The molecule has 1 aromatic carbocycles. The monoisotopic (exact) mass is 169 g/mol. The molecule has 10 N–H and O–H groups in total. The summed E-state index contributed by atoms with van der Waals surface area (Å²) in [4.78, 5) is 4.42. The number of hydrogen-bond donors (Lipinski definition) is 5. The molecule has 0 aliphatic rings. The highest BCUT2D eigenvalue weighted by molar-refractivity contribution is 5.89. The lowest BCUT2D eigenvalue weighted by molar-refractivity contribution is 0.337. The third-order valence-corrected chi connectivity index (χ3v) is 1.57. The molecule has 0 atom stereocenters. The van der Waals surface area contributed by atoms with E-state index >= 15 is 0 Å². The third kappa shape index (κ3) is 1.04. The molecule has 6 heteroatoms. The van der Waals surface area contributed by atoms with Gasteiger partial charge in [0.2, 0.25) is 0 Å². The topological polar surface area (TPSA) is 139 Å². The SMILES string of the molecule is NOc1cc(N)c(N)c(N)c1N. The van der Waals surface area contributed by atoms with Crippen LogP contribution in [0.2, 0.25) is 0 Å². The van der Waals surface area contributed by atoms with Gasteiger partial charge in [0.05, 0.1) is 17.1 Å². The van der Waals surface area contributed by atoms with E-state index in [-0.39, 0.29) is 22.8 Å². The van der Waals surface area contributed by atoms with Crippen molar-refractivity contribution in [1.82, 2.24) is 0 Å². The lowest BCUT2D eigenvalue weighted by Crippen LogP contribution is -2.09. The van der Waals surface area contributed by atoms with E-state index in [2.05, 4.69) is 4.84 Å². The second kappa shape index (κ2) is 2.67. The standard InChI is InChI=1S/C6H11N5O/c7-2-1-3(12-11)5(9)6(10)4(2)8/h1H,7-11H2. The van der Waals surface area contributed by atoms with Gasteiger partial charge in [0.1, 0.15) is 5.69 Å². The Morgan fingerprint density at radius 3 is 2.00 bits per heavy atom. The summed E-state index contributed by atoms with van der Waals surface area (Å²) in [6, 6.07) is 1.42. The fourth-order valence-electron chi connectivity index (χ4n) is 0.828. The Bertz CT molecular complexity index is 311. The van der Waals surface area contributed by atoms with Crippen LogP contribution >= 0.6 is 0 Å². The van der Waals surface area contributed by atoms with Gasteiger partial charge in [0, 0.05) is 6.07 Å². The van der Waals surface area contributed by atoms with Crippen LogP contribution in [0, 0.1) is 0 Å². The van der Waals surface area contributed by atoms with E-state index in [4.69, 9.17) is 28.8 Å². The zero-order valence-corrected chi connectivity index (χ0v) is 6.37. The predicted octanol–water partition coefficient (Wildman–Crippen LogP) is -0.732. The fraction of sp³-hybridized carbons (Fsp3) is 0.